The molecule has 2 heterocycles. The third-order valence-corrected chi connectivity index (χ3v) is 2.71. The standard InChI is InChI=1S/C13H10N4O/c14-10-3-1-2-9(6-10)12-7-15-17-5-4-11(8-18)16-13(12)17/h1-8H,14H2. The number of rotatable bonds is 2. The van der Waals surface area contributed by atoms with E-state index in [0.717, 1.165) is 17.4 Å². The minimum absolute atomic E-state index is 0.383. The average Bonchev–Trinajstić information content (AvgIpc) is 2.81. The first-order chi connectivity index (χ1) is 8.78. The maximum absolute atomic E-state index is 10.8. The number of nitrogen functional groups attached to an aromatic ring is 1. The van der Waals surface area contributed by atoms with Crippen LogP contribution in [0.15, 0.2) is 42.7 Å². The molecule has 5 heteroatoms. The van der Waals surface area contributed by atoms with Crippen LogP contribution in [0.5, 0.6) is 0 Å². The lowest BCUT2D eigenvalue weighted by atomic mass is 10.1. The van der Waals surface area contributed by atoms with Gasteiger partial charge in [-0.05, 0) is 23.8 Å². The van der Waals surface area contributed by atoms with Crippen LogP contribution in [0.4, 0.5) is 5.69 Å². The number of nitrogens with zero attached hydrogens (tertiary/aromatic N) is 3. The van der Waals surface area contributed by atoms with Crippen LogP contribution in [0, 0.1) is 0 Å². The Balaban J connectivity index is 2.26. The van der Waals surface area contributed by atoms with Crippen molar-refractivity contribution >= 4 is 17.6 Å². The molecule has 0 amide bonds. The topological polar surface area (TPSA) is 73.3 Å². The molecule has 0 bridgehead atoms. The van der Waals surface area contributed by atoms with E-state index in [1.807, 2.05) is 24.3 Å². The van der Waals surface area contributed by atoms with E-state index in [2.05, 4.69) is 10.1 Å². The second-order valence-electron chi connectivity index (χ2n) is 3.92. The molecular formula is C13H10N4O. The molecule has 0 spiro atoms. The zero-order chi connectivity index (χ0) is 12.5. The maximum Gasteiger partial charge on any atom is 0.168 e. The summed E-state index contributed by atoms with van der Waals surface area (Å²) in [7, 11) is 0. The molecule has 0 fully saturated rings. The Bertz CT molecular complexity index is 733. The number of nitrogens with two attached hydrogens (primary N) is 1. The van der Waals surface area contributed by atoms with Gasteiger partial charge in [-0.25, -0.2) is 9.50 Å². The molecule has 5 nitrogen and oxygen atoms in total. The fourth-order valence-corrected chi connectivity index (χ4v) is 1.86. The van der Waals surface area contributed by atoms with Crippen LogP contribution < -0.4 is 5.73 Å². The van der Waals surface area contributed by atoms with Gasteiger partial charge in [-0.1, -0.05) is 12.1 Å². The van der Waals surface area contributed by atoms with Crippen LogP contribution in [-0.2, 0) is 0 Å². The van der Waals surface area contributed by atoms with E-state index < -0.39 is 0 Å². The summed E-state index contributed by atoms with van der Waals surface area (Å²) < 4.78 is 1.63. The molecular weight excluding hydrogens is 228 g/mol. The highest BCUT2D eigenvalue weighted by Gasteiger charge is 2.08. The Hall–Kier alpha value is -2.69. The first-order valence-corrected chi connectivity index (χ1v) is 5.43. The third-order valence-electron chi connectivity index (χ3n) is 2.71. The van der Waals surface area contributed by atoms with Gasteiger partial charge in [0.25, 0.3) is 0 Å². The SMILES string of the molecule is Nc1cccc(-c2cnn3ccc(C=O)nc23)c1. The van der Waals surface area contributed by atoms with Gasteiger partial charge in [-0.15, -0.1) is 0 Å². The molecule has 2 N–H and O–H groups in total. The monoisotopic (exact) mass is 238 g/mol. The molecule has 88 valence electrons. The highest BCUT2D eigenvalue weighted by Crippen LogP contribution is 2.24. The van der Waals surface area contributed by atoms with E-state index in [9.17, 15) is 4.79 Å². The number of aldehydes is 1. The second kappa shape index (κ2) is 3.96. The number of aromatic nitrogens is 3. The molecule has 0 saturated heterocycles. The first-order valence-electron chi connectivity index (χ1n) is 5.43. The van der Waals surface area contributed by atoms with Crippen molar-refractivity contribution in [2.45, 2.75) is 0 Å². The Morgan fingerprint density at radius 1 is 1.28 bits per heavy atom. The molecule has 0 aliphatic carbocycles. The van der Waals surface area contributed by atoms with Crippen LogP contribution in [0.2, 0.25) is 0 Å². The van der Waals surface area contributed by atoms with E-state index in [1.54, 1.807) is 23.0 Å². The minimum atomic E-state index is 0.383. The van der Waals surface area contributed by atoms with E-state index in [4.69, 9.17) is 5.73 Å². The second-order valence-corrected chi connectivity index (χ2v) is 3.92. The molecule has 0 saturated carbocycles. The van der Waals surface area contributed by atoms with Crippen molar-refractivity contribution in [3.8, 4) is 11.1 Å². The minimum Gasteiger partial charge on any atom is -0.399 e. The predicted molar refractivity (Wildman–Crippen MR) is 68.2 cm³/mol. The number of fused-ring (bicyclic) bond motifs is 1. The van der Waals surface area contributed by atoms with Gasteiger partial charge >= 0.3 is 0 Å². The normalized spacial score (nSPS) is 10.7. The summed E-state index contributed by atoms with van der Waals surface area (Å²) in [5, 5.41) is 4.20. The van der Waals surface area contributed by atoms with Crippen molar-refractivity contribution < 1.29 is 4.79 Å². The number of hydrogen-bond acceptors (Lipinski definition) is 4. The number of carbonyl (C=O) groups is 1. The van der Waals surface area contributed by atoms with Crippen LogP contribution in [0.25, 0.3) is 16.8 Å². The van der Waals surface area contributed by atoms with Crippen molar-refractivity contribution in [1.82, 2.24) is 14.6 Å². The van der Waals surface area contributed by atoms with Gasteiger partial charge in [0.1, 0.15) is 5.69 Å². The van der Waals surface area contributed by atoms with Gasteiger partial charge in [-0.3, -0.25) is 4.79 Å². The zero-order valence-electron chi connectivity index (χ0n) is 9.45. The number of hydrogen-bond donors (Lipinski definition) is 1. The summed E-state index contributed by atoms with van der Waals surface area (Å²) >= 11 is 0. The summed E-state index contributed by atoms with van der Waals surface area (Å²) in [4.78, 5) is 15.0. The van der Waals surface area contributed by atoms with E-state index in [-0.39, 0.29) is 0 Å². The Kier molecular flexibility index (Phi) is 2.30. The summed E-state index contributed by atoms with van der Waals surface area (Å²) in [5.41, 5.74) is 9.25. The molecule has 2 aromatic heterocycles. The molecule has 0 aliphatic heterocycles. The van der Waals surface area contributed by atoms with Crippen LogP contribution in [0.1, 0.15) is 10.5 Å². The summed E-state index contributed by atoms with van der Waals surface area (Å²) in [6.07, 6.45) is 4.14. The molecule has 0 radical (unpaired) electrons. The number of anilines is 1. The van der Waals surface area contributed by atoms with Crippen molar-refractivity contribution in [2.24, 2.45) is 0 Å². The molecule has 1 aromatic carbocycles. The van der Waals surface area contributed by atoms with Gasteiger partial charge in [0.2, 0.25) is 0 Å². The maximum atomic E-state index is 10.8. The van der Waals surface area contributed by atoms with E-state index >= 15 is 0 Å². The van der Waals surface area contributed by atoms with E-state index in [0.29, 0.717) is 17.0 Å². The highest BCUT2D eigenvalue weighted by molar-refractivity contribution is 5.81. The quantitative estimate of drug-likeness (QED) is 0.545. The lowest BCUT2D eigenvalue weighted by Crippen LogP contribution is -1.94. The third kappa shape index (κ3) is 1.62. The van der Waals surface area contributed by atoms with Crippen LogP contribution in [0.3, 0.4) is 0 Å². The lowest BCUT2D eigenvalue weighted by Gasteiger charge is -2.00. The van der Waals surface area contributed by atoms with Gasteiger partial charge < -0.3 is 5.73 Å². The van der Waals surface area contributed by atoms with E-state index in [1.165, 1.54) is 0 Å². The first kappa shape index (κ1) is 10.5. The van der Waals surface area contributed by atoms with Gasteiger partial charge in [0.15, 0.2) is 11.9 Å². The smallest absolute Gasteiger partial charge is 0.168 e. The van der Waals surface area contributed by atoms with Crippen LogP contribution >= 0.6 is 0 Å². The van der Waals surface area contributed by atoms with Gasteiger partial charge in [-0.2, -0.15) is 5.10 Å². The van der Waals surface area contributed by atoms with Crippen molar-refractivity contribution in [3.05, 3.63) is 48.4 Å². The fourth-order valence-electron chi connectivity index (χ4n) is 1.86. The molecule has 3 aromatic rings. The molecule has 0 unspecified atom stereocenters. The van der Waals surface area contributed by atoms with Gasteiger partial charge in [0, 0.05) is 17.4 Å². The zero-order valence-corrected chi connectivity index (χ0v) is 9.45. The number of carbonyl (C=O) groups excluding carboxylic acids is 1. The van der Waals surface area contributed by atoms with Crippen molar-refractivity contribution in [2.75, 3.05) is 5.73 Å². The summed E-state index contributed by atoms with van der Waals surface area (Å²) in [5.74, 6) is 0. The Labute approximate surface area is 103 Å². The largest absolute Gasteiger partial charge is 0.399 e. The van der Waals surface area contributed by atoms with Gasteiger partial charge in [0.05, 0.1) is 6.20 Å². The fraction of sp³-hybridized carbons (Fsp3) is 0. The lowest BCUT2D eigenvalue weighted by molar-refractivity contribution is 0.111. The predicted octanol–water partition coefficient (Wildman–Crippen LogP) is 1.79. The Morgan fingerprint density at radius 2 is 2.17 bits per heavy atom. The van der Waals surface area contributed by atoms with Crippen LogP contribution in [-0.4, -0.2) is 20.9 Å². The number of benzene rings is 1. The van der Waals surface area contributed by atoms with Crippen molar-refractivity contribution in [3.63, 3.8) is 0 Å². The Morgan fingerprint density at radius 3 is 2.94 bits per heavy atom. The average molecular weight is 238 g/mol. The van der Waals surface area contributed by atoms with Crippen molar-refractivity contribution in [1.29, 1.82) is 0 Å². The highest BCUT2D eigenvalue weighted by atomic mass is 16.1. The summed E-state index contributed by atoms with van der Waals surface area (Å²) in [6, 6.07) is 9.10. The molecule has 0 atom stereocenters. The summed E-state index contributed by atoms with van der Waals surface area (Å²) in [6.45, 7) is 0. The molecule has 0 aliphatic rings. The molecule has 18 heavy (non-hydrogen) atoms. The molecule has 3 rings (SSSR count).